The minimum atomic E-state index is -0.856. The highest BCUT2D eigenvalue weighted by Crippen LogP contribution is 2.33. The number of hydrogen-bond acceptors (Lipinski definition) is 6. The van der Waals surface area contributed by atoms with Gasteiger partial charge in [-0.15, -0.1) is 0 Å². The maximum Gasteiger partial charge on any atom is 0.198 e. The maximum absolute atomic E-state index is 13.1. The van der Waals surface area contributed by atoms with Crippen molar-refractivity contribution >= 4 is 5.78 Å². The Hall–Kier alpha value is -2.09. The lowest BCUT2D eigenvalue weighted by Gasteiger charge is -2.43. The van der Waals surface area contributed by atoms with Crippen LogP contribution in [0.2, 0.25) is 0 Å². The lowest BCUT2D eigenvalue weighted by molar-refractivity contribution is -0.318. The van der Waals surface area contributed by atoms with E-state index in [1.165, 1.54) is 7.11 Å². The summed E-state index contributed by atoms with van der Waals surface area (Å²) in [5.74, 6) is -0.182. The molecule has 6 nitrogen and oxygen atoms in total. The number of carbonyl (C=O) groups is 1. The summed E-state index contributed by atoms with van der Waals surface area (Å²) >= 11 is 0. The number of rotatable bonds is 5. The van der Waals surface area contributed by atoms with E-state index >= 15 is 0 Å². The topological polar surface area (TPSA) is 63.2 Å². The third-order valence-electron chi connectivity index (χ3n) is 4.71. The average molecular weight is 370 g/mol. The number of methoxy groups -OCH3 is 1. The second-order valence-corrected chi connectivity index (χ2v) is 6.53. The quantitative estimate of drug-likeness (QED) is 0.806. The normalized spacial score (nSPS) is 30.7. The Morgan fingerprint density at radius 1 is 1.00 bits per heavy atom. The highest BCUT2D eigenvalue weighted by molar-refractivity contribution is 5.89. The molecule has 0 aliphatic carbocycles. The fourth-order valence-electron chi connectivity index (χ4n) is 3.32. The van der Waals surface area contributed by atoms with Crippen LogP contribution in [0.3, 0.4) is 0 Å². The van der Waals surface area contributed by atoms with E-state index in [2.05, 4.69) is 0 Å². The highest BCUT2D eigenvalue weighted by atomic mass is 16.8. The van der Waals surface area contributed by atoms with Gasteiger partial charge in [0, 0.05) is 12.7 Å². The molecule has 0 spiro atoms. The van der Waals surface area contributed by atoms with E-state index in [0.29, 0.717) is 0 Å². The Kier molecular flexibility index (Phi) is 5.61. The molecular formula is C21H22O6. The van der Waals surface area contributed by atoms with Gasteiger partial charge in [0.1, 0.15) is 6.10 Å². The SMILES string of the molecule is CO[C@@H]1O[C@@H]2COC(c3ccccc3)O[C@H]2C(=O)[C@H]1OCc1ccccc1. The van der Waals surface area contributed by atoms with Gasteiger partial charge in [0.05, 0.1) is 13.2 Å². The smallest absolute Gasteiger partial charge is 0.198 e. The van der Waals surface area contributed by atoms with Crippen LogP contribution < -0.4 is 0 Å². The van der Waals surface area contributed by atoms with E-state index in [-0.39, 0.29) is 19.0 Å². The van der Waals surface area contributed by atoms with Crippen LogP contribution in [0.4, 0.5) is 0 Å². The van der Waals surface area contributed by atoms with Crippen LogP contribution in [0.1, 0.15) is 17.4 Å². The van der Waals surface area contributed by atoms with Gasteiger partial charge < -0.3 is 23.7 Å². The molecule has 2 aromatic carbocycles. The van der Waals surface area contributed by atoms with Crippen molar-refractivity contribution in [2.24, 2.45) is 0 Å². The molecule has 0 bridgehead atoms. The Balaban J connectivity index is 1.47. The summed E-state index contributed by atoms with van der Waals surface area (Å²) in [6, 6.07) is 19.2. The zero-order valence-electron chi connectivity index (χ0n) is 15.0. The molecular weight excluding hydrogens is 348 g/mol. The number of hydrogen-bond donors (Lipinski definition) is 0. The predicted octanol–water partition coefficient (Wildman–Crippen LogP) is 2.63. The minimum absolute atomic E-state index is 0.182. The van der Waals surface area contributed by atoms with Gasteiger partial charge in [0.2, 0.25) is 0 Å². The van der Waals surface area contributed by atoms with Crippen LogP contribution in [-0.2, 0) is 35.1 Å². The van der Waals surface area contributed by atoms with Crippen molar-refractivity contribution in [2.45, 2.75) is 37.5 Å². The summed E-state index contributed by atoms with van der Waals surface area (Å²) in [6.07, 6.45) is -3.52. The Morgan fingerprint density at radius 2 is 1.70 bits per heavy atom. The third-order valence-corrected chi connectivity index (χ3v) is 4.71. The van der Waals surface area contributed by atoms with Crippen LogP contribution in [0.5, 0.6) is 0 Å². The Bertz CT molecular complexity index is 742. The van der Waals surface area contributed by atoms with Gasteiger partial charge in [-0.2, -0.15) is 0 Å². The van der Waals surface area contributed by atoms with Crippen LogP contribution in [0, 0.1) is 0 Å². The van der Waals surface area contributed by atoms with Crippen molar-refractivity contribution in [1.82, 2.24) is 0 Å². The summed E-state index contributed by atoms with van der Waals surface area (Å²) in [5.41, 5.74) is 1.83. The molecule has 2 aliphatic rings. The van der Waals surface area contributed by atoms with Crippen LogP contribution in [0.25, 0.3) is 0 Å². The number of benzene rings is 2. The fourth-order valence-corrected chi connectivity index (χ4v) is 3.32. The summed E-state index contributed by atoms with van der Waals surface area (Å²) in [5, 5.41) is 0. The summed E-state index contributed by atoms with van der Waals surface area (Å²) in [6.45, 7) is 0.539. The minimum Gasteiger partial charge on any atom is -0.360 e. The molecule has 27 heavy (non-hydrogen) atoms. The largest absolute Gasteiger partial charge is 0.360 e. The predicted molar refractivity (Wildman–Crippen MR) is 95.7 cm³/mol. The molecule has 6 heteroatoms. The van der Waals surface area contributed by atoms with E-state index in [1.54, 1.807) is 0 Å². The van der Waals surface area contributed by atoms with Gasteiger partial charge in [0.15, 0.2) is 30.6 Å². The van der Waals surface area contributed by atoms with Gasteiger partial charge in [-0.25, -0.2) is 0 Å². The second kappa shape index (κ2) is 8.29. The monoisotopic (exact) mass is 370 g/mol. The standard InChI is InChI=1S/C21H22O6/c1-23-21-19(24-12-14-8-4-2-5-9-14)17(22)18-16(26-21)13-25-20(27-18)15-10-6-3-7-11-15/h2-11,16,18-21H,12-13H2,1H3/t16-,18-,19-,20?,21-/m1/s1. The Labute approximate surface area is 157 Å². The van der Waals surface area contributed by atoms with E-state index < -0.39 is 30.9 Å². The third kappa shape index (κ3) is 3.95. The molecule has 0 aromatic heterocycles. The maximum atomic E-state index is 13.1. The first-order valence-electron chi connectivity index (χ1n) is 8.96. The molecule has 2 aromatic rings. The number of fused-ring (bicyclic) bond motifs is 1. The Morgan fingerprint density at radius 3 is 2.41 bits per heavy atom. The molecule has 2 saturated heterocycles. The van der Waals surface area contributed by atoms with E-state index in [9.17, 15) is 4.79 Å². The molecule has 0 radical (unpaired) electrons. The lowest BCUT2D eigenvalue weighted by Crippen LogP contribution is -2.60. The lowest BCUT2D eigenvalue weighted by atomic mass is 9.99. The van der Waals surface area contributed by atoms with Crippen molar-refractivity contribution in [2.75, 3.05) is 13.7 Å². The molecule has 142 valence electrons. The number of ether oxygens (including phenoxy) is 5. The molecule has 4 rings (SSSR count). The van der Waals surface area contributed by atoms with Crippen molar-refractivity contribution in [3.05, 3.63) is 71.8 Å². The van der Waals surface area contributed by atoms with E-state index in [1.807, 2.05) is 60.7 Å². The van der Waals surface area contributed by atoms with Crippen molar-refractivity contribution in [3.8, 4) is 0 Å². The molecule has 1 unspecified atom stereocenters. The zero-order valence-corrected chi connectivity index (χ0v) is 15.0. The molecule has 2 aliphatic heterocycles. The molecule has 2 fully saturated rings. The van der Waals surface area contributed by atoms with Gasteiger partial charge in [-0.05, 0) is 5.56 Å². The van der Waals surface area contributed by atoms with E-state index in [4.69, 9.17) is 23.7 Å². The summed E-state index contributed by atoms with van der Waals surface area (Å²) < 4.78 is 28.8. The first kappa shape index (κ1) is 18.3. The van der Waals surface area contributed by atoms with Crippen LogP contribution in [-0.4, -0.2) is 44.1 Å². The molecule has 0 amide bonds. The molecule has 0 saturated carbocycles. The average Bonchev–Trinajstić information content (AvgIpc) is 2.74. The first-order valence-corrected chi connectivity index (χ1v) is 8.96. The van der Waals surface area contributed by atoms with Crippen molar-refractivity contribution < 1.29 is 28.5 Å². The van der Waals surface area contributed by atoms with Crippen molar-refractivity contribution in [3.63, 3.8) is 0 Å². The zero-order chi connectivity index (χ0) is 18.6. The summed E-state index contributed by atoms with van der Waals surface area (Å²) in [7, 11) is 1.49. The fraction of sp³-hybridized carbons (Fsp3) is 0.381. The van der Waals surface area contributed by atoms with Gasteiger partial charge >= 0.3 is 0 Å². The number of Topliss-reactive ketones (excluding diaryl/α,β-unsaturated/α-hetero) is 1. The molecule has 5 atom stereocenters. The van der Waals surface area contributed by atoms with Crippen LogP contribution in [0.15, 0.2) is 60.7 Å². The molecule has 2 heterocycles. The van der Waals surface area contributed by atoms with Crippen molar-refractivity contribution in [1.29, 1.82) is 0 Å². The second-order valence-electron chi connectivity index (χ2n) is 6.53. The van der Waals surface area contributed by atoms with Crippen LogP contribution >= 0.6 is 0 Å². The number of carbonyl (C=O) groups excluding carboxylic acids is 1. The summed E-state index contributed by atoms with van der Waals surface area (Å²) in [4.78, 5) is 13.1. The van der Waals surface area contributed by atoms with Gasteiger partial charge in [-0.3, -0.25) is 4.79 Å². The van der Waals surface area contributed by atoms with Gasteiger partial charge in [0.25, 0.3) is 0 Å². The number of ketones is 1. The molecule has 0 N–H and O–H groups in total. The first-order chi connectivity index (χ1) is 13.3. The van der Waals surface area contributed by atoms with Gasteiger partial charge in [-0.1, -0.05) is 60.7 Å². The highest BCUT2D eigenvalue weighted by Gasteiger charge is 2.50. The van der Waals surface area contributed by atoms with E-state index in [0.717, 1.165) is 11.1 Å².